The number of ether oxygens (including phenoxy) is 3. The SMILES string of the molecule is CCOC(=O)N/N=C(\C)c1ccc2c(c1)OCO2. The molecule has 18 heavy (non-hydrogen) atoms. The van der Waals surface area contributed by atoms with Crippen LogP contribution in [0.5, 0.6) is 11.5 Å². The molecule has 1 aliphatic rings. The van der Waals surface area contributed by atoms with Gasteiger partial charge in [-0.3, -0.25) is 0 Å². The first-order chi connectivity index (χ1) is 8.70. The van der Waals surface area contributed by atoms with Gasteiger partial charge >= 0.3 is 6.09 Å². The van der Waals surface area contributed by atoms with Gasteiger partial charge in [0.05, 0.1) is 12.3 Å². The molecule has 1 N–H and O–H groups in total. The van der Waals surface area contributed by atoms with Gasteiger partial charge < -0.3 is 14.2 Å². The molecule has 1 amide bonds. The maximum absolute atomic E-state index is 11.1. The van der Waals surface area contributed by atoms with E-state index in [0.29, 0.717) is 23.8 Å². The van der Waals surface area contributed by atoms with E-state index in [1.165, 1.54) is 0 Å². The Bertz CT molecular complexity index is 485. The maximum Gasteiger partial charge on any atom is 0.427 e. The first-order valence-electron chi connectivity index (χ1n) is 5.57. The number of rotatable bonds is 3. The Hall–Kier alpha value is -2.24. The lowest BCUT2D eigenvalue weighted by atomic mass is 10.1. The van der Waals surface area contributed by atoms with E-state index in [4.69, 9.17) is 14.2 Å². The summed E-state index contributed by atoms with van der Waals surface area (Å²) in [6.07, 6.45) is -0.572. The van der Waals surface area contributed by atoms with Crippen molar-refractivity contribution in [1.82, 2.24) is 5.43 Å². The predicted octanol–water partition coefficient (Wildman–Crippen LogP) is 1.89. The first-order valence-corrected chi connectivity index (χ1v) is 5.57. The fourth-order valence-corrected chi connectivity index (χ4v) is 1.48. The number of benzene rings is 1. The Kier molecular flexibility index (Phi) is 3.66. The summed E-state index contributed by atoms with van der Waals surface area (Å²) >= 11 is 0. The Labute approximate surface area is 105 Å². The lowest BCUT2D eigenvalue weighted by molar-refractivity contribution is 0.152. The zero-order valence-electron chi connectivity index (χ0n) is 10.2. The minimum atomic E-state index is -0.572. The van der Waals surface area contributed by atoms with Crippen LogP contribution in [0.4, 0.5) is 4.79 Å². The van der Waals surface area contributed by atoms with Gasteiger partial charge in [0.2, 0.25) is 6.79 Å². The van der Waals surface area contributed by atoms with Gasteiger partial charge in [-0.1, -0.05) is 0 Å². The molecule has 1 aliphatic heterocycles. The van der Waals surface area contributed by atoms with Gasteiger partial charge in [0.15, 0.2) is 11.5 Å². The standard InChI is InChI=1S/C12H14N2O4/c1-3-16-12(15)14-13-8(2)9-4-5-10-11(6-9)18-7-17-10/h4-6H,3,7H2,1-2H3,(H,14,15)/b13-8+. The highest BCUT2D eigenvalue weighted by atomic mass is 16.7. The summed E-state index contributed by atoms with van der Waals surface area (Å²) in [6, 6.07) is 5.47. The third-order valence-corrected chi connectivity index (χ3v) is 2.38. The van der Waals surface area contributed by atoms with Crippen LogP contribution in [0, 0.1) is 0 Å². The number of hydrazone groups is 1. The Morgan fingerprint density at radius 2 is 2.22 bits per heavy atom. The number of hydrogen-bond donors (Lipinski definition) is 1. The van der Waals surface area contributed by atoms with Crippen LogP contribution in [0.15, 0.2) is 23.3 Å². The molecule has 0 aliphatic carbocycles. The third kappa shape index (κ3) is 2.71. The monoisotopic (exact) mass is 250 g/mol. The van der Waals surface area contributed by atoms with Gasteiger partial charge in [-0.25, -0.2) is 10.2 Å². The van der Waals surface area contributed by atoms with Gasteiger partial charge in [0, 0.05) is 5.56 Å². The molecule has 6 nitrogen and oxygen atoms in total. The van der Waals surface area contributed by atoms with Crippen LogP contribution in [0.2, 0.25) is 0 Å². The van der Waals surface area contributed by atoms with Crippen LogP contribution in [0.25, 0.3) is 0 Å². The number of hydrogen-bond acceptors (Lipinski definition) is 5. The molecule has 1 heterocycles. The molecule has 0 unspecified atom stereocenters. The third-order valence-electron chi connectivity index (χ3n) is 2.38. The summed E-state index contributed by atoms with van der Waals surface area (Å²) in [7, 11) is 0. The van der Waals surface area contributed by atoms with E-state index in [1.807, 2.05) is 12.1 Å². The summed E-state index contributed by atoms with van der Waals surface area (Å²) in [5.41, 5.74) is 3.80. The van der Waals surface area contributed by atoms with Gasteiger partial charge in [0.25, 0.3) is 0 Å². The Morgan fingerprint density at radius 3 is 3.00 bits per heavy atom. The molecule has 1 aromatic carbocycles. The summed E-state index contributed by atoms with van der Waals surface area (Å²) in [6.45, 7) is 4.05. The molecule has 0 atom stereocenters. The molecule has 0 aromatic heterocycles. The summed E-state index contributed by atoms with van der Waals surface area (Å²) in [5, 5.41) is 3.93. The molecule has 2 rings (SSSR count). The molecular formula is C12H14N2O4. The van der Waals surface area contributed by atoms with Crippen molar-refractivity contribution in [2.24, 2.45) is 5.10 Å². The Balaban J connectivity index is 2.06. The van der Waals surface area contributed by atoms with Crippen LogP contribution in [0.1, 0.15) is 19.4 Å². The van der Waals surface area contributed by atoms with Gasteiger partial charge in [-0.2, -0.15) is 5.10 Å². The molecule has 0 saturated carbocycles. The largest absolute Gasteiger partial charge is 0.454 e. The molecule has 6 heteroatoms. The Morgan fingerprint density at radius 1 is 1.44 bits per heavy atom. The first kappa shape index (κ1) is 12.2. The smallest absolute Gasteiger partial charge is 0.427 e. The fourth-order valence-electron chi connectivity index (χ4n) is 1.48. The van der Waals surface area contributed by atoms with E-state index in [9.17, 15) is 4.79 Å². The molecule has 0 bridgehead atoms. The van der Waals surface area contributed by atoms with Crippen LogP contribution in [0.3, 0.4) is 0 Å². The van der Waals surface area contributed by atoms with E-state index in [1.54, 1.807) is 19.9 Å². The van der Waals surface area contributed by atoms with Crippen molar-refractivity contribution in [2.75, 3.05) is 13.4 Å². The zero-order valence-corrected chi connectivity index (χ0v) is 10.2. The van der Waals surface area contributed by atoms with Crippen LogP contribution in [-0.2, 0) is 4.74 Å². The quantitative estimate of drug-likeness (QED) is 0.657. The number of nitrogens with zero attached hydrogens (tertiary/aromatic N) is 1. The second-order valence-corrected chi connectivity index (χ2v) is 3.60. The number of carbonyl (C=O) groups is 1. The highest BCUT2D eigenvalue weighted by Gasteiger charge is 2.14. The summed E-state index contributed by atoms with van der Waals surface area (Å²) in [5.74, 6) is 1.39. The maximum atomic E-state index is 11.1. The number of fused-ring (bicyclic) bond motifs is 1. The molecule has 0 radical (unpaired) electrons. The van der Waals surface area contributed by atoms with Gasteiger partial charge in [-0.15, -0.1) is 0 Å². The van der Waals surface area contributed by atoms with Crippen molar-refractivity contribution in [1.29, 1.82) is 0 Å². The number of amides is 1. The van der Waals surface area contributed by atoms with E-state index in [2.05, 4.69) is 10.5 Å². The molecule has 0 spiro atoms. The number of carbonyl (C=O) groups excluding carboxylic acids is 1. The van der Waals surface area contributed by atoms with Crippen molar-refractivity contribution in [3.63, 3.8) is 0 Å². The lowest BCUT2D eigenvalue weighted by Crippen LogP contribution is -2.20. The molecular weight excluding hydrogens is 236 g/mol. The van der Waals surface area contributed by atoms with E-state index in [0.717, 1.165) is 5.56 Å². The minimum Gasteiger partial charge on any atom is -0.454 e. The molecule has 0 fully saturated rings. The second-order valence-electron chi connectivity index (χ2n) is 3.60. The van der Waals surface area contributed by atoms with Gasteiger partial charge in [0.1, 0.15) is 0 Å². The van der Waals surface area contributed by atoms with Crippen molar-refractivity contribution in [2.45, 2.75) is 13.8 Å². The lowest BCUT2D eigenvalue weighted by Gasteiger charge is -2.04. The van der Waals surface area contributed by atoms with Crippen molar-refractivity contribution >= 4 is 11.8 Å². The van der Waals surface area contributed by atoms with Crippen molar-refractivity contribution in [3.05, 3.63) is 23.8 Å². The average molecular weight is 250 g/mol. The zero-order chi connectivity index (χ0) is 13.0. The number of nitrogens with one attached hydrogen (secondary N) is 1. The second kappa shape index (κ2) is 5.39. The predicted molar refractivity (Wildman–Crippen MR) is 64.9 cm³/mol. The minimum absolute atomic E-state index is 0.232. The topological polar surface area (TPSA) is 69.2 Å². The molecule has 0 saturated heterocycles. The average Bonchev–Trinajstić information content (AvgIpc) is 2.83. The molecule has 1 aromatic rings. The van der Waals surface area contributed by atoms with E-state index >= 15 is 0 Å². The summed E-state index contributed by atoms with van der Waals surface area (Å²) < 4.78 is 15.2. The van der Waals surface area contributed by atoms with Crippen molar-refractivity contribution in [3.8, 4) is 11.5 Å². The van der Waals surface area contributed by atoms with E-state index in [-0.39, 0.29) is 6.79 Å². The highest BCUT2D eigenvalue weighted by molar-refractivity contribution is 5.99. The normalized spacial score (nSPS) is 13.3. The van der Waals surface area contributed by atoms with Crippen LogP contribution < -0.4 is 14.9 Å². The molecule has 96 valence electrons. The van der Waals surface area contributed by atoms with Crippen LogP contribution >= 0.6 is 0 Å². The fraction of sp³-hybridized carbons (Fsp3) is 0.333. The van der Waals surface area contributed by atoms with Crippen molar-refractivity contribution < 1.29 is 19.0 Å². The highest BCUT2D eigenvalue weighted by Crippen LogP contribution is 2.32. The van der Waals surface area contributed by atoms with Crippen LogP contribution in [-0.4, -0.2) is 25.2 Å². The van der Waals surface area contributed by atoms with Gasteiger partial charge in [-0.05, 0) is 32.0 Å². The summed E-state index contributed by atoms with van der Waals surface area (Å²) in [4.78, 5) is 11.1. The van der Waals surface area contributed by atoms with E-state index < -0.39 is 6.09 Å².